The predicted molar refractivity (Wildman–Crippen MR) is 80.4 cm³/mol. The Bertz CT molecular complexity index is 589. The van der Waals surface area contributed by atoms with E-state index in [2.05, 4.69) is 12.2 Å². The number of hydrogen-bond donors (Lipinski definition) is 2. The molecule has 0 saturated carbocycles. The Morgan fingerprint density at radius 3 is 2.90 bits per heavy atom. The maximum absolute atomic E-state index is 12.0. The summed E-state index contributed by atoms with van der Waals surface area (Å²) < 4.78 is 1.92. The van der Waals surface area contributed by atoms with Gasteiger partial charge in [-0.3, -0.25) is 4.79 Å². The summed E-state index contributed by atoms with van der Waals surface area (Å²) in [5, 5.41) is 13.3. The zero-order chi connectivity index (χ0) is 14.5. The highest BCUT2D eigenvalue weighted by Gasteiger charge is 2.10. The van der Waals surface area contributed by atoms with Crippen LogP contribution in [0, 0.1) is 0 Å². The molecule has 1 unspecified atom stereocenters. The summed E-state index contributed by atoms with van der Waals surface area (Å²) in [4.78, 5) is 12.0. The van der Waals surface area contributed by atoms with Crippen LogP contribution >= 0.6 is 0 Å². The van der Waals surface area contributed by atoms with Crippen LogP contribution in [0.2, 0.25) is 0 Å². The second kappa shape index (κ2) is 6.57. The minimum absolute atomic E-state index is 0.0150. The molecular weight excluding hydrogens is 252 g/mol. The lowest BCUT2D eigenvalue weighted by atomic mass is 10.1. The number of aromatic nitrogens is 1. The van der Waals surface area contributed by atoms with Crippen LogP contribution in [-0.2, 0) is 17.9 Å². The van der Waals surface area contributed by atoms with Crippen molar-refractivity contribution in [2.45, 2.75) is 45.9 Å². The van der Waals surface area contributed by atoms with E-state index in [1.807, 2.05) is 42.0 Å². The van der Waals surface area contributed by atoms with Crippen molar-refractivity contribution < 1.29 is 9.90 Å². The first-order chi connectivity index (χ1) is 9.65. The van der Waals surface area contributed by atoms with Crippen LogP contribution in [-0.4, -0.2) is 21.6 Å². The molecule has 1 atom stereocenters. The molecule has 2 N–H and O–H groups in total. The zero-order valence-corrected chi connectivity index (χ0v) is 12.1. The van der Waals surface area contributed by atoms with Gasteiger partial charge in [-0.25, -0.2) is 0 Å². The molecule has 1 aromatic carbocycles. The topological polar surface area (TPSA) is 54.3 Å². The second-order valence-corrected chi connectivity index (χ2v) is 5.21. The number of nitrogens with one attached hydrogen (secondary N) is 1. The molecule has 0 aliphatic heterocycles. The van der Waals surface area contributed by atoms with Crippen LogP contribution in [0.25, 0.3) is 10.9 Å². The van der Waals surface area contributed by atoms with Crippen molar-refractivity contribution in [1.82, 2.24) is 9.88 Å². The number of benzene rings is 1. The molecule has 0 spiro atoms. The summed E-state index contributed by atoms with van der Waals surface area (Å²) in [6, 6.07) is 7.93. The molecule has 0 aliphatic rings. The average Bonchev–Trinajstić information content (AvgIpc) is 2.82. The van der Waals surface area contributed by atoms with Gasteiger partial charge in [0.25, 0.3) is 0 Å². The summed E-state index contributed by atoms with van der Waals surface area (Å²) in [5.74, 6) is 0.0258. The van der Waals surface area contributed by atoms with E-state index < -0.39 is 0 Å². The van der Waals surface area contributed by atoms with Gasteiger partial charge in [-0.15, -0.1) is 0 Å². The quantitative estimate of drug-likeness (QED) is 0.850. The van der Waals surface area contributed by atoms with Gasteiger partial charge in [0.1, 0.15) is 6.54 Å². The number of amides is 1. The molecule has 0 saturated heterocycles. The largest absolute Gasteiger partial charge is 0.392 e. The molecule has 4 heteroatoms. The Morgan fingerprint density at radius 2 is 2.20 bits per heavy atom. The second-order valence-electron chi connectivity index (χ2n) is 5.21. The van der Waals surface area contributed by atoms with Crippen molar-refractivity contribution in [2.75, 3.05) is 0 Å². The normalized spacial score (nSPS) is 12.6. The molecule has 20 heavy (non-hydrogen) atoms. The number of rotatable bonds is 6. The van der Waals surface area contributed by atoms with Gasteiger partial charge < -0.3 is 15.0 Å². The van der Waals surface area contributed by atoms with Gasteiger partial charge in [0.05, 0.1) is 6.61 Å². The van der Waals surface area contributed by atoms with Gasteiger partial charge >= 0.3 is 0 Å². The molecule has 2 aromatic rings. The third kappa shape index (κ3) is 3.20. The lowest BCUT2D eigenvalue weighted by Crippen LogP contribution is -2.34. The van der Waals surface area contributed by atoms with E-state index in [4.69, 9.17) is 0 Å². The third-order valence-corrected chi connectivity index (χ3v) is 3.52. The maximum atomic E-state index is 12.0. The Labute approximate surface area is 119 Å². The number of fused-ring (bicyclic) bond motifs is 1. The molecular formula is C16H22N2O2. The third-order valence-electron chi connectivity index (χ3n) is 3.52. The fraction of sp³-hybridized carbons (Fsp3) is 0.438. The Kier molecular flexibility index (Phi) is 4.79. The monoisotopic (exact) mass is 274 g/mol. The first-order valence-electron chi connectivity index (χ1n) is 7.12. The van der Waals surface area contributed by atoms with E-state index in [1.165, 1.54) is 0 Å². The van der Waals surface area contributed by atoms with E-state index >= 15 is 0 Å². The van der Waals surface area contributed by atoms with Gasteiger partial charge in [0.2, 0.25) is 5.91 Å². The standard InChI is InChI=1S/C16H22N2O2/c1-3-5-12(2)17-16(20)10-18-9-8-14-13(11-19)6-4-7-15(14)18/h4,6-9,12,19H,3,5,10-11H2,1-2H3,(H,17,20). The molecule has 1 amide bonds. The highest BCUT2D eigenvalue weighted by atomic mass is 16.3. The Morgan fingerprint density at radius 1 is 1.40 bits per heavy atom. The van der Waals surface area contributed by atoms with Gasteiger partial charge in [-0.2, -0.15) is 0 Å². The Hall–Kier alpha value is -1.81. The number of hydrogen-bond acceptors (Lipinski definition) is 2. The van der Waals surface area contributed by atoms with Gasteiger partial charge in [0, 0.05) is 23.1 Å². The fourth-order valence-corrected chi connectivity index (χ4v) is 2.54. The number of carbonyl (C=O) groups is 1. The Balaban J connectivity index is 2.12. The van der Waals surface area contributed by atoms with E-state index in [9.17, 15) is 9.90 Å². The molecule has 2 rings (SSSR count). The van der Waals surface area contributed by atoms with E-state index in [-0.39, 0.29) is 18.6 Å². The van der Waals surface area contributed by atoms with Crippen molar-refractivity contribution in [2.24, 2.45) is 0 Å². The van der Waals surface area contributed by atoms with Crippen LogP contribution in [0.4, 0.5) is 0 Å². The molecule has 108 valence electrons. The van der Waals surface area contributed by atoms with Crippen molar-refractivity contribution in [3.05, 3.63) is 36.0 Å². The minimum atomic E-state index is 0.0150. The zero-order valence-electron chi connectivity index (χ0n) is 12.1. The molecule has 4 nitrogen and oxygen atoms in total. The van der Waals surface area contributed by atoms with E-state index in [0.29, 0.717) is 6.54 Å². The average molecular weight is 274 g/mol. The van der Waals surface area contributed by atoms with Gasteiger partial charge in [-0.05, 0) is 31.0 Å². The smallest absolute Gasteiger partial charge is 0.240 e. The summed E-state index contributed by atoms with van der Waals surface area (Å²) in [7, 11) is 0. The van der Waals surface area contributed by atoms with Gasteiger partial charge in [0.15, 0.2) is 0 Å². The van der Waals surface area contributed by atoms with Crippen LogP contribution < -0.4 is 5.32 Å². The molecule has 1 heterocycles. The SMILES string of the molecule is CCCC(C)NC(=O)Cn1ccc2c(CO)cccc21. The summed E-state index contributed by atoms with van der Waals surface area (Å²) in [6.07, 6.45) is 3.95. The van der Waals surface area contributed by atoms with Crippen LogP contribution in [0.15, 0.2) is 30.5 Å². The first-order valence-corrected chi connectivity index (χ1v) is 7.12. The highest BCUT2D eigenvalue weighted by molar-refractivity contribution is 5.85. The van der Waals surface area contributed by atoms with E-state index in [1.54, 1.807) is 0 Å². The molecule has 0 bridgehead atoms. The minimum Gasteiger partial charge on any atom is -0.392 e. The lowest BCUT2D eigenvalue weighted by molar-refractivity contribution is -0.122. The lowest BCUT2D eigenvalue weighted by Gasteiger charge is -2.13. The van der Waals surface area contributed by atoms with Crippen molar-refractivity contribution in [1.29, 1.82) is 0 Å². The van der Waals surface area contributed by atoms with Gasteiger partial charge in [-0.1, -0.05) is 25.5 Å². The molecule has 0 radical (unpaired) electrons. The molecule has 1 aromatic heterocycles. The number of carbonyl (C=O) groups excluding carboxylic acids is 1. The van der Waals surface area contributed by atoms with Crippen molar-refractivity contribution in [3.63, 3.8) is 0 Å². The molecule has 0 fully saturated rings. The number of nitrogens with zero attached hydrogens (tertiary/aromatic N) is 1. The van der Waals surface area contributed by atoms with E-state index in [0.717, 1.165) is 29.3 Å². The first kappa shape index (κ1) is 14.6. The number of aliphatic hydroxyl groups excluding tert-OH is 1. The van der Waals surface area contributed by atoms with Crippen molar-refractivity contribution in [3.8, 4) is 0 Å². The summed E-state index contributed by atoms with van der Waals surface area (Å²) in [6.45, 7) is 4.46. The highest BCUT2D eigenvalue weighted by Crippen LogP contribution is 2.20. The predicted octanol–water partition coefficient (Wildman–Crippen LogP) is 2.44. The fourth-order valence-electron chi connectivity index (χ4n) is 2.54. The van der Waals surface area contributed by atoms with Crippen LogP contribution in [0.5, 0.6) is 0 Å². The number of aliphatic hydroxyl groups is 1. The molecule has 0 aliphatic carbocycles. The summed E-state index contributed by atoms with van der Waals surface area (Å²) in [5.41, 5.74) is 1.87. The van der Waals surface area contributed by atoms with Crippen LogP contribution in [0.1, 0.15) is 32.3 Å². The summed E-state index contributed by atoms with van der Waals surface area (Å²) >= 11 is 0. The maximum Gasteiger partial charge on any atom is 0.240 e. The van der Waals surface area contributed by atoms with Crippen LogP contribution in [0.3, 0.4) is 0 Å². The van der Waals surface area contributed by atoms with Crippen molar-refractivity contribution >= 4 is 16.8 Å².